The second-order valence-electron chi connectivity index (χ2n) is 39.9. The topological polar surface area (TPSA) is 428 Å². The van der Waals surface area contributed by atoms with E-state index in [0.29, 0.717) is 84.7 Å². The molecule has 5 aromatic carbocycles. The van der Waals surface area contributed by atoms with Crippen LogP contribution in [0.5, 0.6) is 11.5 Å². The van der Waals surface area contributed by atoms with E-state index in [1.54, 1.807) is 14.2 Å². The number of fused-ring (bicyclic) bond motifs is 4. The summed E-state index contributed by atoms with van der Waals surface area (Å²) in [5.74, 6) is 0.230. The Bertz CT molecular complexity index is 5190. The fraction of sp³-hybridized carbons (Fsp3) is 0.657. The Labute approximate surface area is 816 Å². The van der Waals surface area contributed by atoms with E-state index in [-0.39, 0.29) is 50.4 Å². The molecule has 5 aromatic rings. The fourth-order valence-electron chi connectivity index (χ4n) is 24.1. The van der Waals surface area contributed by atoms with E-state index in [0.717, 1.165) is 81.0 Å². The van der Waals surface area contributed by atoms with Crippen molar-refractivity contribution in [2.45, 2.75) is 220 Å². The fourth-order valence-corrected chi connectivity index (χ4v) is 29.5. The second-order valence-corrected chi connectivity index (χ2v) is 48.5. The number of benzene rings is 5. The van der Waals surface area contributed by atoms with Crippen LogP contribution in [0.15, 0.2) is 113 Å². The third kappa shape index (κ3) is 25.3. The molecule has 0 spiro atoms. The summed E-state index contributed by atoms with van der Waals surface area (Å²) in [6.07, 6.45) is 11.3. The predicted molar refractivity (Wildman–Crippen MR) is 500 cm³/mol. The molecule has 40 heteroatoms. The minimum absolute atomic E-state index is 0. The molecular weight excluding hydrogens is 1920 g/mol. The van der Waals surface area contributed by atoms with Crippen LogP contribution in [0.2, 0.25) is 0 Å². The van der Waals surface area contributed by atoms with Crippen molar-refractivity contribution >= 4 is 122 Å². The summed E-state index contributed by atoms with van der Waals surface area (Å²) < 4.78 is 212. The average Bonchev–Trinajstić information content (AvgIpc) is 1.56. The summed E-state index contributed by atoms with van der Waals surface area (Å²) in [4.78, 5) is 104. The largest absolute Gasteiger partial charge is 0.743 e. The van der Waals surface area contributed by atoms with Crippen molar-refractivity contribution < 1.29 is 160 Å². The van der Waals surface area contributed by atoms with Crippen LogP contribution in [0, 0.1) is 94.7 Å². The molecule has 139 heavy (non-hydrogen) atoms. The van der Waals surface area contributed by atoms with Gasteiger partial charge in [0, 0.05) is 86.8 Å². The second kappa shape index (κ2) is 45.5. The Morgan fingerprint density at radius 2 is 0.770 bits per heavy atom. The Balaban J connectivity index is 0.000000162. The van der Waals surface area contributed by atoms with Gasteiger partial charge in [-0.3, -0.25) is 42.5 Å². The zero-order valence-corrected chi connectivity index (χ0v) is 82.1. The number of halogens is 4. The molecule has 0 aromatic heterocycles. The van der Waals surface area contributed by atoms with Gasteiger partial charge in [-0.1, -0.05) is 81.6 Å². The SMILES string of the molecule is C.C.CC1(OC(=O)C2C3CC4C(OC(=O)C42)C3OC(=O)CCC(=O)OCC(F)(F)S(=O)(=O)[O-])C2CC3CC(C2)CC1C3.CC1(OC(=O)C2C3CC4C(OC(=O)C42)C3OC(=O)CCC(=O)OCC(F)(F)S(=O)(=O)[O-])C2CC3CC(C2)CC1C3.COCCOc1ccc([S+]2CCCC2)c2ccccc12.COCCOc1ccc([S+]2CCCC2)c2ccccc12.COS(=O)(=O)[O-].C[N+](C)(C)Cc1ccccc1. The van der Waals surface area contributed by atoms with Gasteiger partial charge in [0.25, 0.3) is 0 Å². The molecule has 16 aliphatic rings. The first-order valence-corrected chi connectivity index (χ1v) is 54.3. The first-order valence-electron chi connectivity index (χ1n) is 47.0. The lowest BCUT2D eigenvalue weighted by atomic mass is 9.50. The number of quaternary nitrogens is 1. The number of hydrogen-bond acceptors (Lipinski definition) is 30. The molecular formula is C99H131F4NO30S5. The summed E-state index contributed by atoms with van der Waals surface area (Å²) in [6, 6.07) is 36.6. The number of rotatable bonds is 31. The van der Waals surface area contributed by atoms with Crippen LogP contribution < -0.4 is 9.47 Å². The molecule has 12 saturated carbocycles. The number of nitrogens with zero attached hydrogens (tertiary/aromatic N) is 1. The maximum absolute atomic E-state index is 13.7. The van der Waals surface area contributed by atoms with Crippen molar-refractivity contribution in [1.29, 1.82) is 0 Å². The maximum Gasteiger partial charge on any atom is 0.367 e. The van der Waals surface area contributed by atoms with Gasteiger partial charge in [-0.15, -0.1) is 0 Å². The van der Waals surface area contributed by atoms with E-state index in [4.69, 9.17) is 47.4 Å². The molecule has 21 rings (SSSR count). The van der Waals surface area contributed by atoms with Crippen molar-refractivity contribution in [3.8, 4) is 11.5 Å². The molecule has 12 unspecified atom stereocenters. The summed E-state index contributed by atoms with van der Waals surface area (Å²) in [7, 11) is -4.77. The molecule has 12 atom stereocenters. The van der Waals surface area contributed by atoms with Gasteiger partial charge in [0.15, 0.2) is 43.2 Å². The first-order chi connectivity index (χ1) is 64.8. The quantitative estimate of drug-likeness (QED) is 0.00581. The number of alkyl halides is 4. The minimum Gasteiger partial charge on any atom is -0.743 e. The third-order valence-electron chi connectivity index (χ3n) is 30.1. The van der Waals surface area contributed by atoms with E-state index in [9.17, 15) is 94.8 Å². The Kier molecular flexibility index (Phi) is 35.9. The standard InChI is InChI=1S/2C26H32F2O11S.2C17H21O2S.C10H16N.CH4O4S.2CH4/c2*1-25(13-5-11-4-12(7-13)8-14(25)6-11)39-24(32)20-16-9-15-19(20)23(31)38-22(15)21(16)37-18(30)3-2-17(29)36-10-26(27,28)40(33,34)35;2*1-18-10-11-19-16-8-9-17(20-12-4-5-13-20)15-7-3-2-6-14(15)16;1-11(2,3)9-10-7-5-4-6-8-10;1-5-6(2,3)4;;/h2*11-16,19-22H,2-10H2,1H3,(H,33,34,35);2*2-3,6-9H,4-5,10-13H2,1H3;4-8H,9H2,1-3H3;1H3,(H,2,3,4);2*1H4/q;;3*+1;;;/p-3. The van der Waals surface area contributed by atoms with Gasteiger partial charge in [0.05, 0.1) is 90.8 Å². The molecule has 31 nitrogen and oxygen atoms in total. The molecule has 0 amide bonds. The highest BCUT2D eigenvalue weighted by Crippen LogP contribution is 2.65. The number of esters is 8. The van der Waals surface area contributed by atoms with Crippen LogP contribution in [0.3, 0.4) is 0 Å². The van der Waals surface area contributed by atoms with Crippen LogP contribution in [-0.2, 0) is 149 Å². The monoisotopic (exact) mass is 2050 g/mol. The van der Waals surface area contributed by atoms with Crippen molar-refractivity contribution in [1.82, 2.24) is 0 Å². The molecule has 12 aliphatic carbocycles. The highest BCUT2D eigenvalue weighted by molar-refractivity contribution is 7.97. The summed E-state index contributed by atoms with van der Waals surface area (Å²) >= 11 is 0. The van der Waals surface area contributed by atoms with Gasteiger partial charge in [-0.05, 0) is 200 Å². The molecule has 4 saturated heterocycles. The number of ether oxygens (including phenoxy) is 12. The van der Waals surface area contributed by atoms with Crippen LogP contribution in [0.4, 0.5) is 17.6 Å². The Morgan fingerprint density at radius 1 is 0.446 bits per heavy atom. The van der Waals surface area contributed by atoms with Crippen LogP contribution in [0.1, 0.15) is 163 Å². The highest BCUT2D eigenvalue weighted by atomic mass is 32.3. The van der Waals surface area contributed by atoms with Gasteiger partial charge in [0.1, 0.15) is 89.9 Å². The van der Waals surface area contributed by atoms with Crippen molar-refractivity contribution in [2.24, 2.45) is 94.7 Å². The molecule has 16 fully saturated rings. The lowest BCUT2D eigenvalue weighted by Gasteiger charge is -2.59. The zero-order valence-electron chi connectivity index (χ0n) is 78.0. The Morgan fingerprint density at radius 3 is 1.09 bits per heavy atom. The van der Waals surface area contributed by atoms with Gasteiger partial charge in [-0.2, -0.15) is 17.6 Å². The molecule has 0 N–H and O–H groups in total. The van der Waals surface area contributed by atoms with Crippen LogP contribution >= 0.6 is 0 Å². The van der Waals surface area contributed by atoms with Gasteiger partial charge < -0.3 is 75.0 Å². The van der Waals surface area contributed by atoms with E-state index in [2.05, 4.69) is 138 Å². The molecule has 4 aliphatic heterocycles. The summed E-state index contributed by atoms with van der Waals surface area (Å²) in [5, 5.41) is -4.39. The molecule has 770 valence electrons. The van der Waals surface area contributed by atoms with Gasteiger partial charge >= 0.3 is 58.3 Å². The van der Waals surface area contributed by atoms with Gasteiger partial charge in [0.2, 0.25) is 10.4 Å². The highest BCUT2D eigenvalue weighted by Gasteiger charge is 2.73. The zero-order chi connectivity index (χ0) is 98.7. The summed E-state index contributed by atoms with van der Waals surface area (Å²) in [6.45, 7) is 3.65. The van der Waals surface area contributed by atoms with Crippen molar-refractivity contribution in [2.75, 3.05) is 105 Å². The van der Waals surface area contributed by atoms with E-state index in [1.807, 2.05) is 13.8 Å². The number of carbonyl (C=O) groups is 8. The first kappa shape index (κ1) is 110. The molecule has 12 bridgehead atoms. The van der Waals surface area contributed by atoms with Gasteiger partial charge in [-0.25, -0.2) is 25.3 Å². The smallest absolute Gasteiger partial charge is 0.367 e. The maximum atomic E-state index is 13.7. The number of carbonyl (C=O) groups excluding carboxylic acids is 8. The van der Waals surface area contributed by atoms with E-state index in [1.165, 1.54) is 98.4 Å². The summed E-state index contributed by atoms with van der Waals surface area (Å²) in [5.41, 5.74) is 0.214. The third-order valence-corrected chi connectivity index (χ3v) is 37.3. The lowest BCUT2D eigenvalue weighted by Crippen LogP contribution is -2.59. The van der Waals surface area contributed by atoms with Crippen LogP contribution in [-0.4, -0.2) is 242 Å². The Hall–Kier alpha value is -8.03. The van der Waals surface area contributed by atoms with Crippen molar-refractivity contribution in [3.63, 3.8) is 0 Å². The molecule has 0 radical (unpaired) electrons. The van der Waals surface area contributed by atoms with E-state index >= 15 is 0 Å². The normalized spacial score (nSPS) is 30.5. The van der Waals surface area contributed by atoms with Crippen molar-refractivity contribution in [3.05, 3.63) is 109 Å². The number of hydrogen-bond donors (Lipinski definition) is 0. The minimum atomic E-state index is -6.02. The number of methoxy groups -OCH3 is 2. The average molecular weight is 2050 g/mol. The van der Waals surface area contributed by atoms with Crippen LogP contribution in [0.25, 0.3) is 21.5 Å². The predicted octanol–water partition coefficient (Wildman–Crippen LogP) is 13.4. The van der Waals surface area contributed by atoms with E-state index < -0.39 is 199 Å². The molecule has 4 heterocycles. The lowest BCUT2D eigenvalue weighted by molar-refractivity contribution is -0.884.